The summed E-state index contributed by atoms with van der Waals surface area (Å²) in [5.41, 5.74) is -0.547. The number of carbonyl (C=O) groups is 2. The molecular weight excluding hydrogens is 336 g/mol. The summed E-state index contributed by atoms with van der Waals surface area (Å²) < 4.78 is 16.3. The molecule has 1 rings (SSSR count). The Morgan fingerprint density at radius 3 is 1.62 bits per heavy atom. The first-order valence-electron chi connectivity index (χ1n) is 8.32. The molecule has 1 aromatic rings. The Balaban J connectivity index is 3.56. The highest BCUT2D eigenvalue weighted by molar-refractivity contribution is 6.02. The minimum Gasteiger partial charge on any atom is -0.493 e. The smallest absolute Gasteiger partial charge is 0.229 e. The van der Waals surface area contributed by atoms with Crippen LogP contribution in [0, 0.1) is 10.8 Å². The zero-order chi connectivity index (χ0) is 20.3. The first-order valence-corrected chi connectivity index (χ1v) is 8.32. The summed E-state index contributed by atoms with van der Waals surface area (Å²) in [6.45, 7) is 10.8. The summed E-state index contributed by atoms with van der Waals surface area (Å²) >= 11 is 0. The number of carbonyl (C=O) groups excluding carboxylic acids is 2. The number of nitrogens with one attached hydrogen (secondary N) is 2. The highest BCUT2D eigenvalue weighted by Crippen LogP contribution is 2.48. The third-order valence-electron chi connectivity index (χ3n) is 3.68. The lowest BCUT2D eigenvalue weighted by Gasteiger charge is -2.25. The summed E-state index contributed by atoms with van der Waals surface area (Å²) in [6.07, 6.45) is 0. The third-order valence-corrected chi connectivity index (χ3v) is 3.68. The number of amides is 2. The lowest BCUT2D eigenvalue weighted by molar-refractivity contribution is -0.123. The molecule has 0 saturated carbocycles. The van der Waals surface area contributed by atoms with Crippen LogP contribution >= 0.6 is 0 Å². The normalized spacial score (nSPS) is 11.6. The maximum Gasteiger partial charge on any atom is 0.229 e. The molecule has 26 heavy (non-hydrogen) atoms. The molecule has 1 aromatic carbocycles. The van der Waals surface area contributed by atoms with E-state index in [1.807, 2.05) is 0 Å². The van der Waals surface area contributed by atoms with Crippen molar-refractivity contribution in [1.82, 2.24) is 0 Å². The molecule has 0 saturated heterocycles. The van der Waals surface area contributed by atoms with Crippen LogP contribution in [0.4, 0.5) is 11.4 Å². The van der Waals surface area contributed by atoms with E-state index < -0.39 is 10.8 Å². The number of methoxy groups -OCH3 is 3. The molecule has 0 atom stereocenters. The second kappa shape index (κ2) is 7.85. The van der Waals surface area contributed by atoms with Crippen LogP contribution in [0.25, 0.3) is 0 Å². The lowest BCUT2D eigenvalue weighted by Crippen LogP contribution is -2.29. The van der Waals surface area contributed by atoms with Crippen molar-refractivity contribution in [3.63, 3.8) is 0 Å². The molecule has 2 N–H and O–H groups in total. The van der Waals surface area contributed by atoms with Gasteiger partial charge in [0, 0.05) is 16.9 Å². The van der Waals surface area contributed by atoms with E-state index in [-0.39, 0.29) is 17.6 Å². The van der Waals surface area contributed by atoms with E-state index in [1.165, 1.54) is 21.3 Å². The Kier molecular flexibility index (Phi) is 6.52. The first-order chi connectivity index (χ1) is 11.9. The highest BCUT2D eigenvalue weighted by Gasteiger charge is 2.29. The Bertz CT molecular complexity index is 685. The molecule has 0 unspecified atom stereocenters. The number of benzene rings is 1. The molecule has 0 aliphatic heterocycles. The average Bonchev–Trinajstić information content (AvgIpc) is 2.52. The minimum atomic E-state index is -0.631. The average molecular weight is 366 g/mol. The van der Waals surface area contributed by atoms with E-state index in [0.29, 0.717) is 22.9 Å². The van der Waals surface area contributed by atoms with Gasteiger partial charge in [0.05, 0.1) is 27.0 Å². The quantitative estimate of drug-likeness (QED) is 0.830. The van der Waals surface area contributed by atoms with Crippen LogP contribution < -0.4 is 24.8 Å². The molecule has 0 bridgehead atoms. The zero-order valence-electron chi connectivity index (χ0n) is 17.1. The maximum absolute atomic E-state index is 12.5. The van der Waals surface area contributed by atoms with Crippen molar-refractivity contribution in [3.8, 4) is 17.2 Å². The van der Waals surface area contributed by atoms with E-state index in [1.54, 1.807) is 47.6 Å². The number of anilines is 2. The fraction of sp³-hybridized carbons (Fsp3) is 0.579. The highest BCUT2D eigenvalue weighted by atomic mass is 16.5. The summed E-state index contributed by atoms with van der Waals surface area (Å²) in [5, 5.41) is 5.66. The van der Waals surface area contributed by atoms with Gasteiger partial charge in [-0.15, -0.1) is 0 Å². The third kappa shape index (κ3) is 4.80. The van der Waals surface area contributed by atoms with Crippen LogP contribution in [0.2, 0.25) is 0 Å². The van der Waals surface area contributed by atoms with Crippen LogP contribution in [0.1, 0.15) is 41.5 Å². The number of hydrogen-bond acceptors (Lipinski definition) is 5. The molecule has 0 heterocycles. The Hall–Kier alpha value is -2.44. The number of rotatable bonds is 5. The minimum absolute atomic E-state index is 0.198. The topological polar surface area (TPSA) is 85.9 Å². The van der Waals surface area contributed by atoms with Gasteiger partial charge in [-0.05, 0) is 0 Å². The van der Waals surface area contributed by atoms with Gasteiger partial charge in [-0.2, -0.15) is 0 Å². The standard InChI is InChI=1S/C19H30N2O5/c1-18(2,3)16(22)20-11-10-12(24-7)15(26-9)13(14(11)25-8)21-17(23)19(4,5)6/h10H,1-9H3,(H,20,22)(H,21,23). The van der Waals surface area contributed by atoms with Crippen LogP contribution in [-0.2, 0) is 9.59 Å². The second-order valence-corrected chi connectivity index (χ2v) is 7.98. The van der Waals surface area contributed by atoms with E-state index in [9.17, 15) is 9.59 Å². The molecule has 0 spiro atoms. The van der Waals surface area contributed by atoms with Gasteiger partial charge in [-0.25, -0.2) is 0 Å². The first kappa shape index (κ1) is 21.6. The van der Waals surface area contributed by atoms with E-state index in [0.717, 1.165) is 0 Å². The van der Waals surface area contributed by atoms with Gasteiger partial charge in [0.1, 0.15) is 5.69 Å². The van der Waals surface area contributed by atoms with Gasteiger partial charge in [0.2, 0.25) is 11.8 Å². The van der Waals surface area contributed by atoms with Crippen molar-refractivity contribution in [2.45, 2.75) is 41.5 Å². The zero-order valence-corrected chi connectivity index (χ0v) is 17.1. The van der Waals surface area contributed by atoms with E-state index in [4.69, 9.17) is 14.2 Å². The molecule has 7 nitrogen and oxygen atoms in total. The molecule has 0 fully saturated rings. The van der Waals surface area contributed by atoms with Gasteiger partial charge < -0.3 is 24.8 Å². The maximum atomic E-state index is 12.5. The van der Waals surface area contributed by atoms with Crippen LogP contribution in [0.15, 0.2) is 6.07 Å². The predicted molar refractivity (Wildman–Crippen MR) is 102 cm³/mol. The van der Waals surface area contributed by atoms with E-state index in [2.05, 4.69) is 10.6 Å². The molecule has 146 valence electrons. The largest absolute Gasteiger partial charge is 0.493 e. The Labute approximate surface area is 155 Å². The molecule has 0 aliphatic carbocycles. The lowest BCUT2D eigenvalue weighted by atomic mass is 9.95. The van der Waals surface area contributed by atoms with Crippen molar-refractivity contribution < 1.29 is 23.8 Å². The Morgan fingerprint density at radius 1 is 0.769 bits per heavy atom. The summed E-state index contributed by atoms with van der Waals surface area (Å²) in [4.78, 5) is 24.9. The fourth-order valence-corrected chi connectivity index (χ4v) is 2.01. The molecule has 2 amide bonds. The van der Waals surface area contributed by atoms with Crippen molar-refractivity contribution in [2.24, 2.45) is 10.8 Å². The van der Waals surface area contributed by atoms with Crippen molar-refractivity contribution in [3.05, 3.63) is 6.07 Å². The SMILES string of the molecule is COc1cc(NC(=O)C(C)(C)C)c(OC)c(NC(=O)C(C)(C)C)c1OC. The van der Waals surface area contributed by atoms with Gasteiger partial charge in [0.15, 0.2) is 17.2 Å². The molecule has 0 aliphatic rings. The summed E-state index contributed by atoms with van der Waals surface area (Å²) in [5.74, 6) is 0.543. The van der Waals surface area contributed by atoms with Crippen molar-refractivity contribution in [1.29, 1.82) is 0 Å². The molecule has 0 radical (unpaired) electrons. The summed E-state index contributed by atoms with van der Waals surface area (Å²) in [6, 6.07) is 1.61. The van der Waals surface area contributed by atoms with E-state index >= 15 is 0 Å². The number of ether oxygens (including phenoxy) is 3. The summed E-state index contributed by atoms with van der Waals surface area (Å²) in [7, 11) is 4.41. The predicted octanol–water partition coefficient (Wildman–Crippen LogP) is 3.68. The molecular formula is C19H30N2O5. The molecule has 7 heteroatoms. The fourth-order valence-electron chi connectivity index (χ4n) is 2.01. The van der Waals surface area contributed by atoms with Gasteiger partial charge in [0.25, 0.3) is 0 Å². The monoisotopic (exact) mass is 366 g/mol. The molecule has 0 aromatic heterocycles. The Morgan fingerprint density at radius 2 is 1.23 bits per heavy atom. The van der Waals surface area contributed by atoms with Gasteiger partial charge in [-0.3, -0.25) is 9.59 Å². The van der Waals surface area contributed by atoms with Crippen LogP contribution in [-0.4, -0.2) is 33.1 Å². The van der Waals surface area contributed by atoms with Crippen molar-refractivity contribution >= 4 is 23.2 Å². The number of hydrogen-bond donors (Lipinski definition) is 2. The second-order valence-electron chi connectivity index (χ2n) is 7.98. The van der Waals surface area contributed by atoms with Gasteiger partial charge >= 0.3 is 0 Å². The van der Waals surface area contributed by atoms with Crippen molar-refractivity contribution in [2.75, 3.05) is 32.0 Å². The van der Waals surface area contributed by atoms with Crippen LogP contribution in [0.5, 0.6) is 17.2 Å². The van der Waals surface area contributed by atoms with Crippen LogP contribution in [0.3, 0.4) is 0 Å². The van der Waals surface area contributed by atoms with Gasteiger partial charge in [-0.1, -0.05) is 41.5 Å².